The smallest absolute Gasteiger partial charge is 0.254 e. The summed E-state index contributed by atoms with van der Waals surface area (Å²) in [5.74, 6) is -1.47. The Bertz CT molecular complexity index is 1150. The predicted octanol–water partition coefficient (Wildman–Crippen LogP) is 4.48. The van der Waals surface area contributed by atoms with Crippen LogP contribution in [0.5, 0.6) is 0 Å². The molecule has 2 heterocycles. The summed E-state index contributed by atoms with van der Waals surface area (Å²) in [7, 11) is 0. The maximum absolute atomic E-state index is 14.8. The molecule has 0 spiro atoms. The number of nitrogens with zero attached hydrogens (tertiary/aromatic N) is 2. The third-order valence-electron chi connectivity index (χ3n) is 5.38. The lowest BCUT2D eigenvalue weighted by molar-refractivity contribution is 0.0844. The molecule has 0 radical (unpaired) electrons. The molecule has 32 heavy (non-hydrogen) atoms. The average Bonchev–Trinajstić information content (AvgIpc) is 2.80. The van der Waals surface area contributed by atoms with Crippen molar-refractivity contribution in [1.82, 2.24) is 15.3 Å². The van der Waals surface area contributed by atoms with Crippen molar-refractivity contribution in [2.24, 2.45) is 0 Å². The normalized spacial score (nSPS) is 14.3. The van der Waals surface area contributed by atoms with Gasteiger partial charge in [-0.2, -0.15) is 0 Å². The van der Waals surface area contributed by atoms with Crippen LogP contribution < -0.4 is 11.1 Å². The fraction of sp³-hybridized carbons (Fsp3) is 0.261. The van der Waals surface area contributed by atoms with Crippen molar-refractivity contribution in [2.45, 2.75) is 25.3 Å². The second-order valence-electron chi connectivity index (χ2n) is 7.54. The Morgan fingerprint density at radius 2 is 1.94 bits per heavy atom. The zero-order chi connectivity index (χ0) is 22.7. The summed E-state index contributed by atoms with van der Waals surface area (Å²) in [4.78, 5) is 21.3. The van der Waals surface area contributed by atoms with Crippen LogP contribution in [0, 0.1) is 11.6 Å². The summed E-state index contributed by atoms with van der Waals surface area (Å²) < 4.78 is 33.4. The topological polar surface area (TPSA) is 90.1 Å². The molecule has 0 unspecified atom stereocenters. The number of hydrogen-bond acceptors (Lipinski definition) is 5. The molecule has 3 aromatic rings. The zero-order valence-electron chi connectivity index (χ0n) is 17.1. The molecule has 1 fully saturated rings. The molecule has 0 aliphatic carbocycles. The van der Waals surface area contributed by atoms with Crippen LogP contribution in [0.15, 0.2) is 42.6 Å². The van der Waals surface area contributed by atoms with Gasteiger partial charge in [0.2, 0.25) is 0 Å². The first-order valence-electron chi connectivity index (χ1n) is 10.1. The summed E-state index contributed by atoms with van der Waals surface area (Å²) in [5, 5.41) is 2.55. The largest absolute Gasteiger partial charge is 0.382 e. The van der Waals surface area contributed by atoms with Gasteiger partial charge in [-0.25, -0.2) is 18.7 Å². The number of amides is 1. The number of anilines is 1. The van der Waals surface area contributed by atoms with Crippen molar-refractivity contribution in [1.29, 1.82) is 0 Å². The highest BCUT2D eigenvalue weighted by molar-refractivity contribution is 6.30. The molecule has 0 bridgehead atoms. The van der Waals surface area contributed by atoms with Crippen LogP contribution in [-0.4, -0.2) is 29.1 Å². The number of benzene rings is 2. The second-order valence-corrected chi connectivity index (χ2v) is 7.95. The van der Waals surface area contributed by atoms with Gasteiger partial charge in [-0.15, -0.1) is 0 Å². The lowest BCUT2D eigenvalue weighted by Crippen LogP contribution is -2.23. The Hall–Kier alpha value is -3.10. The van der Waals surface area contributed by atoms with Crippen LogP contribution in [0.2, 0.25) is 5.02 Å². The zero-order valence-corrected chi connectivity index (χ0v) is 17.8. The van der Waals surface area contributed by atoms with Gasteiger partial charge >= 0.3 is 0 Å². The van der Waals surface area contributed by atoms with E-state index in [0.29, 0.717) is 30.0 Å². The first-order chi connectivity index (χ1) is 15.4. The van der Waals surface area contributed by atoms with Crippen LogP contribution in [0.25, 0.3) is 11.3 Å². The highest BCUT2D eigenvalue weighted by Gasteiger charge is 2.20. The lowest BCUT2D eigenvalue weighted by Gasteiger charge is -2.22. The number of nitrogens with one attached hydrogen (secondary N) is 1. The molecular formula is C23H21ClF2N4O2. The summed E-state index contributed by atoms with van der Waals surface area (Å²) in [6.07, 6.45) is 3.32. The third-order valence-corrected chi connectivity index (χ3v) is 5.67. The van der Waals surface area contributed by atoms with Gasteiger partial charge in [0.15, 0.2) is 0 Å². The third kappa shape index (κ3) is 4.87. The second kappa shape index (κ2) is 9.58. The Balaban J connectivity index is 1.51. The molecule has 1 amide bonds. The minimum Gasteiger partial charge on any atom is -0.382 e. The number of rotatable bonds is 5. The van der Waals surface area contributed by atoms with E-state index in [1.807, 2.05) is 0 Å². The highest BCUT2D eigenvalue weighted by Crippen LogP contribution is 2.30. The molecule has 1 aliphatic rings. The molecule has 6 nitrogen and oxygen atoms in total. The first kappa shape index (κ1) is 22.1. The van der Waals surface area contributed by atoms with Crippen molar-refractivity contribution in [3.8, 4) is 11.3 Å². The summed E-state index contributed by atoms with van der Waals surface area (Å²) in [6, 6.07) is 8.29. The Morgan fingerprint density at radius 3 is 2.66 bits per heavy atom. The van der Waals surface area contributed by atoms with E-state index in [9.17, 15) is 13.6 Å². The summed E-state index contributed by atoms with van der Waals surface area (Å²) in [6.45, 7) is 1.40. The van der Waals surface area contributed by atoms with Crippen LogP contribution in [0.3, 0.4) is 0 Å². The molecule has 166 valence electrons. The number of halogens is 3. The SMILES string of the molecule is Nc1ncc(C2CCOCC2)nc1-c1ccc(C(=O)NCc2ccc(F)c(Cl)c2)c(F)c1. The van der Waals surface area contributed by atoms with Crippen LogP contribution >= 0.6 is 11.6 Å². The van der Waals surface area contributed by atoms with Gasteiger partial charge in [-0.3, -0.25) is 4.79 Å². The monoisotopic (exact) mass is 458 g/mol. The van der Waals surface area contributed by atoms with Gasteiger partial charge in [-0.1, -0.05) is 23.7 Å². The molecule has 1 saturated heterocycles. The van der Waals surface area contributed by atoms with Crippen molar-refractivity contribution >= 4 is 23.3 Å². The van der Waals surface area contributed by atoms with Gasteiger partial charge in [0.1, 0.15) is 23.1 Å². The minimum atomic E-state index is -0.713. The van der Waals surface area contributed by atoms with Gasteiger partial charge in [0, 0.05) is 31.2 Å². The number of hydrogen-bond donors (Lipinski definition) is 2. The van der Waals surface area contributed by atoms with Crippen molar-refractivity contribution < 1.29 is 18.3 Å². The van der Waals surface area contributed by atoms with Crippen molar-refractivity contribution in [3.05, 3.63) is 76.1 Å². The molecule has 4 rings (SSSR count). The fourth-order valence-corrected chi connectivity index (χ4v) is 3.79. The Kier molecular flexibility index (Phi) is 6.62. The molecule has 1 aromatic heterocycles. The van der Waals surface area contributed by atoms with Crippen molar-refractivity contribution in [3.63, 3.8) is 0 Å². The predicted molar refractivity (Wildman–Crippen MR) is 117 cm³/mol. The Morgan fingerprint density at radius 1 is 1.16 bits per heavy atom. The number of carbonyl (C=O) groups is 1. The van der Waals surface area contributed by atoms with E-state index in [2.05, 4.69) is 15.3 Å². The van der Waals surface area contributed by atoms with Crippen LogP contribution in [0.1, 0.15) is 40.4 Å². The van der Waals surface area contributed by atoms with Gasteiger partial charge in [0.05, 0.1) is 22.5 Å². The molecule has 9 heteroatoms. The van der Waals surface area contributed by atoms with Crippen LogP contribution in [-0.2, 0) is 11.3 Å². The van der Waals surface area contributed by atoms with E-state index in [0.717, 1.165) is 18.5 Å². The van der Waals surface area contributed by atoms with E-state index in [4.69, 9.17) is 22.1 Å². The van der Waals surface area contributed by atoms with Gasteiger partial charge in [-0.05, 0) is 42.7 Å². The van der Waals surface area contributed by atoms with Gasteiger partial charge < -0.3 is 15.8 Å². The summed E-state index contributed by atoms with van der Waals surface area (Å²) in [5.41, 5.74) is 8.06. The highest BCUT2D eigenvalue weighted by atomic mass is 35.5. The standard InChI is InChI=1S/C23H21ClF2N4O2/c24-17-9-13(1-4-18(17)25)11-29-23(31)16-3-2-15(10-19(16)26)21-22(27)28-12-20(30-21)14-5-7-32-8-6-14/h1-4,9-10,12,14H,5-8,11H2,(H2,27,28)(H,29,31). The van der Waals surface area contributed by atoms with E-state index in [1.54, 1.807) is 12.3 Å². The quantitative estimate of drug-likeness (QED) is 0.588. The molecule has 0 atom stereocenters. The molecule has 1 aliphatic heterocycles. The van der Waals surface area contributed by atoms with E-state index in [1.165, 1.54) is 30.3 Å². The molecular weight excluding hydrogens is 438 g/mol. The molecule has 3 N–H and O–H groups in total. The number of ether oxygens (including phenoxy) is 1. The maximum Gasteiger partial charge on any atom is 0.254 e. The number of aromatic nitrogens is 2. The van der Waals surface area contributed by atoms with Gasteiger partial charge in [0.25, 0.3) is 5.91 Å². The van der Waals surface area contributed by atoms with Crippen molar-refractivity contribution in [2.75, 3.05) is 18.9 Å². The van der Waals surface area contributed by atoms with E-state index < -0.39 is 17.5 Å². The molecule has 0 saturated carbocycles. The Labute approximate surface area is 188 Å². The molecule has 2 aromatic carbocycles. The van der Waals surface area contributed by atoms with Crippen LogP contribution in [0.4, 0.5) is 14.6 Å². The number of carbonyl (C=O) groups excluding carboxylic acids is 1. The fourth-order valence-electron chi connectivity index (χ4n) is 3.59. The lowest BCUT2D eigenvalue weighted by atomic mass is 9.96. The average molecular weight is 459 g/mol. The van der Waals surface area contributed by atoms with E-state index in [-0.39, 0.29) is 28.9 Å². The minimum absolute atomic E-state index is 0.0473. The van der Waals surface area contributed by atoms with E-state index >= 15 is 0 Å². The maximum atomic E-state index is 14.8. The summed E-state index contributed by atoms with van der Waals surface area (Å²) >= 11 is 5.75. The first-order valence-corrected chi connectivity index (χ1v) is 10.5. The number of nitrogens with two attached hydrogens (primary N) is 1. The number of nitrogen functional groups attached to an aromatic ring is 1.